The zero-order valence-corrected chi connectivity index (χ0v) is 9.13. The van der Waals surface area contributed by atoms with Crippen molar-refractivity contribution < 1.29 is 4.74 Å². The molecule has 0 saturated heterocycles. The van der Waals surface area contributed by atoms with Gasteiger partial charge in [0.15, 0.2) is 5.90 Å². The lowest BCUT2D eigenvalue weighted by atomic mass is 10.4. The van der Waals surface area contributed by atoms with Crippen LogP contribution in [-0.2, 0) is 4.74 Å². The topological polar surface area (TPSA) is 57.5 Å². The lowest BCUT2D eigenvalue weighted by Gasteiger charge is -2.03. The molecule has 4 heteroatoms. The molecule has 0 fully saturated rings. The van der Waals surface area contributed by atoms with Gasteiger partial charge in [0.2, 0.25) is 0 Å². The molecule has 0 heterocycles. The van der Waals surface area contributed by atoms with E-state index in [1.165, 1.54) is 0 Å². The minimum atomic E-state index is 0.301. The molecular formula is C10H19N3O. The second-order valence-electron chi connectivity index (χ2n) is 2.72. The van der Waals surface area contributed by atoms with Crippen LogP contribution in [0.3, 0.4) is 0 Å². The van der Waals surface area contributed by atoms with Gasteiger partial charge in [-0.3, -0.25) is 10.4 Å². The Balaban J connectivity index is 3.64. The largest absolute Gasteiger partial charge is 0.481 e. The number of nitrogens with one attached hydrogen (secondary N) is 2. The number of aliphatic imine (C=N–C) groups is 1. The van der Waals surface area contributed by atoms with Crippen molar-refractivity contribution in [1.82, 2.24) is 5.32 Å². The van der Waals surface area contributed by atoms with Crippen molar-refractivity contribution in [3.05, 3.63) is 12.3 Å². The van der Waals surface area contributed by atoms with Crippen LogP contribution < -0.4 is 5.32 Å². The third-order valence-electron chi connectivity index (χ3n) is 1.47. The van der Waals surface area contributed by atoms with Gasteiger partial charge in [-0.25, -0.2) is 0 Å². The third kappa shape index (κ3) is 7.34. The number of hydrogen-bond donors (Lipinski definition) is 2. The molecule has 0 radical (unpaired) electrons. The average Bonchev–Trinajstić information content (AvgIpc) is 2.15. The van der Waals surface area contributed by atoms with E-state index in [0.717, 1.165) is 5.84 Å². The van der Waals surface area contributed by atoms with Crippen molar-refractivity contribution in [2.75, 3.05) is 13.2 Å². The molecule has 4 nitrogen and oxygen atoms in total. The second-order valence-corrected chi connectivity index (χ2v) is 2.72. The van der Waals surface area contributed by atoms with Gasteiger partial charge in [-0.15, -0.1) is 0 Å². The summed E-state index contributed by atoms with van der Waals surface area (Å²) in [7, 11) is 0. The summed E-state index contributed by atoms with van der Waals surface area (Å²) in [6.45, 7) is 6.85. The fourth-order valence-corrected chi connectivity index (χ4v) is 0.821. The second kappa shape index (κ2) is 8.29. The fraction of sp³-hybridized carbons (Fsp3) is 0.600. The summed E-state index contributed by atoms with van der Waals surface area (Å²) in [4.78, 5) is 4.22. The molecule has 0 saturated carbocycles. The molecule has 0 aliphatic rings. The number of ether oxygens (including phenoxy) is 1. The molecule has 0 atom stereocenters. The highest BCUT2D eigenvalue weighted by atomic mass is 16.5. The predicted octanol–water partition coefficient (Wildman–Crippen LogP) is 1.93. The van der Waals surface area contributed by atoms with Crippen LogP contribution in [0, 0.1) is 5.41 Å². The van der Waals surface area contributed by atoms with E-state index in [0.29, 0.717) is 25.5 Å². The standard InChI is InChI=1S/C10H19N3O/c1-4-7-12-9(3)13-8-6-10(11)14-5-2/h4,7,11H,5-6,8H2,1-3H3,(H,12,13)/b7-4-,11-10?. The Morgan fingerprint density at radius 2 is 2.29 bits per heavy atom. The van der Waals surface area contributed by atoms with E-state index in [-0.39, 0.29) is 0 Å². The number of nitrogens with zero attached hydrogens (tertiary/aromatic N) is 1. The Hall–Kier alpha value is -1.32. The molecule has 0 rings (SSSR count). The summed E-state index contributed by atoms with van der Waals surface area (Å²) in [5.74, 6) is 1.16. The minimum Gasteiger partial charge on any atom is -0.481 e. The highest BCUT2D eigenvalue weighted by molar-refractivity contribution is 5.80. The minimum absolute atomic E-state index is 0.301. The Kier molecular flexibility index (Phi) is 7.50. The van der Waals surface area contributed by atoms with Crippen molar-refractivity contribution in [3.8, 4) is 0 Å². The lowest BCUT2D eigenvalue weighted by molar-refractivity contribution is 0.315. The van der Waals surface area contributed by atoms with Gasteiger partial charge in [-0.1, -0.05) is 6.08 Å². The molecule has 0 spiro atoms. The summed E-state index contributed by atoms with van der Waals surface area (Å²) >= 11 is 0. The van der Waals surface area contributed by atoms with Crippen molar-refractivity contribution in [1.29, 1.82) is 5.41 Å². The number of rotatable bonds is 5. The summed E-state index contributed by atoms with van der Waals surface area (Å²) in [6, 6.07) is 0. The Bertz CT molecular complexity index is 221. The monoisotopic (exact) mass is 197 g/mol. The molecule has 0 aliphatic carbocycles. The van der Waals surface area contributed by atoms with Crippen LogP contribution in [0.4, 0.5) is 0 Å². The number of allylic oxidation sites excluding steroid dienone is 1. The molecule has 80 valence electrons. The van der Waals surface area contributed by atoms with E-state index in [1.807, 2.05) is 33.0 Å². The maximum atomic E-state index is 7.35. The van der Waals surface area contributed by atoms with E-state index >= 15 is 0 Å². The van der Waals surface area contributed by atoms with E-state index in [4.69, 9.17) is 10.1 Å². The molecule has 0 bridgehead atoms. The molecule has 0 aromatic heterocycles. The first kappa shape index (κ1) is 12.7. The maximum absolute atomic E-state index is 7.35. The molecule has 2 N–H and O–H groups in total. The first-order valence-electron chi connectivity index (χ1n) is 4.79. The summed E-state index contributed by atoms with van der Waals surface area (Å²) < 4.78 is 4.98. The SMILES string of the molecule is C/C=C\NC(C)=NCCC(=N)OCC. The molecule has 0 aromatic rings. The summed E-state index contributed by atoms with van der Waals surface area (Å²) in [5.41, 5.74) is 0. The van der Waals surface area contributed by atoms with E-state index in [1.54, 1.807) is 0 Å². The van der Waals surface area contributed by atoms with Crippen LogP contribution in [0.25, 0.3) is 0 Å². The zero-order valence-electron chi connectivity index (χ0n) is 9.13. The van der Waals surface area contributed by atoms with E-state index in [2.05, 4.69) is 10.3 Å². The van der Waals surface area contributed by atoms with Crippen molar-refractivity contribution in [2.24, 2.45) is 4.99 Å². The van der Waals surface area contributed by atoms with Crippen LogP contribution in [-0.4, -0.2) is 24.9 Å². The molecule has 0 aliphatic heterocycles. The smallest absolute Gasteiger partial charge is 0.182 e. The molecule has 0 aromatic carbocycles. The van der Waals surface area contributed by atoms with Gasteiger partial charge in [0.25, 0.3) is 0 Å². The molecular weight excluding hydrogens is 178 g/mol. The van der Waals surface area contributed by atoms with Gasteiger partial charge < -0.3 is 10.1 Å². The van der Waals surface area contributed by atoms with E-state index < -0.39 is 0 Å². The van der Waals surface area contributed by atoms with Crippen LogP contribution in [0.15, 0.2) is 17.3 Å². The number of amidine groups is 1. The van der Waals surface area contributed by atoms with Crippen LogP contribution in [0.2, 0.25) is 0 Å². The van der Waals surface area contributed by atoms with Crippen molar-refractivity contribution >= 4 is 11.7 Å². The summed E-state index contributed by atoms with van der Waals surface area (Å²) in [6.07, 6.45) is 4.29. The van der Waals surface area contributed by atoms with Gasteiger partial charge in [0, 0.05) is 13.0 Å². The van der Waals surface area contributed by atoms with Crippen LogP contribution >= 0.6 is 0 Å². The normalized spacial score (nSPS) is 11.8. The highest BCUT2D eigenvalue weighted by Crippen LogP contribution is 1.88. The Morgan fingerprint density at radius 3 is 2.86 bits per heavy atom. The van der Waals surface area contributed by atoms with Gasteiger partial charge in [0.1, 0.15) is 0 Å². The van der Waals surface area contributed by atoms with Gasteiger partial charge >= 0.3 is 0 Å². The van der Waals surface area contributed by atoms with Gasteiger partial charge in [-0.2, -0.15) is 0 Å². The quantitative estimate of drug-likeness (QED) is 0.522. The zero-order chi connectivity index (χ0) is 10.8. The van der Waals surface area contributed by atoms with Gasteiger partial charge in [0.05, 0.1) is 12.4 Å². The Morgan fingerprint density at radius 1 is 1.57 bits per heavy atom. The van der Waals surface area contributed by atoms with E-state index in [9.17, 15) is 0 Å². The van der Waals surface area contributed by atoms with Gasteiger partial charge in [-0.05, 0) is 27.0 Å². The first-order valence-corrected chi connectivity index (χ1v) is 4.79. The Labute approximate surface area is 85.6 Å². The summed E-state index contributed by atoms with van der Waals surface area (Å²) in [5, 5.41) is 10.3. The molecule has 0 unspecified atom stereocenters. The van der Waals surface area contributed by atoms with Crippen LogP contribution in [0.1, 0.15) is 27.2 Å². The van der Waals surface area contributed by atoms with Crippen molar-refractivity contribution in [3.63, 3.8) is 0 Å². The molecule has 0 amide bonds. The third-order valence-corrected chi connectivity index (χ3v) is 1.47. The first-order chi connectivity index (χ1) is 6.70. The predicted molar refractivity (Wildman–Crippen MR) is 59.9 cm³/mol. The lowest BCUT2D eigenvalue weighted by Crippen LogP contribution is -2.14. The number of hydrogen-bond acceptors (Lipinski definition) is 3. The fourth-order valence-electron chi connectivity index (χ4n) is 0.821. The maximum Gasteiger partial charge on any atom is 0.182 e. The average molecular weight is 197 g/mol. The van der Waals surface area contributed by atoms with Crippen molar-refractivity contribution in [2.45, 2.75) is 27.2 Å². The molecule has 14 heavy (non-hydrogen) atoms. The highest BCUT2D eigenvalue weighted by Gasteiger charge is 1.94. The van der Waals surface area contributed by atoms with Crippen LogP contribution in [0.5, 0.6) is 0 Å².